The minimum atomic E-state index is 0.802. The monoisotopic (exact) mass is 169 g/mol. The van der Waals surface area contributed by atoms with E-state index in [1.807, 2.05) is 13.8 Å². The Morgan fingerprint density at radius 2 is 1.92 bits per heavy atom. The summed E-state index contributed by atoms with van der Waals surface area (Å²) in [6, 6.07) is 0. The average Bonchev–Trinajstić information content (AvgIpc) is 2.80. The van der Waals surface area contributed by atoms with Crippen molar-refractivity contribution in [1.29, 1.82) is 0 Å². The zero-order valence-electron chi connectivity index (χ0n) is 9.06. The zero-order chi connectivity index (χ0) is 9.19. The lowest BCUT2D eigenvalue weighted by Gasteiger charge is -2.11. The van der Waals surface area contributed by atoms with Crippen LogP contribution in [0.4, 0.5) is 0 Å². The molecular weight excluding hydrogens is 146 g/mol. The summed E-state index contributed by atoms with van der Waals surface area (Å²) in [7, 11) is 0. The third-order valence-electron chi connectivity index (χ3n) is 3.46. The Morgan fingerprint density at radius 3 is 2.17 bits per heavy atom. The van der Waals surface area contributed by atoms with E-state index >= 15 is 0 Å². The molecule has 0 aromatic rings. The summed E-state index contributed by atoms with van der Waals surface area (Å²) < 4.78 is 0. The number of hydrogen-bond donors (Lipinski definition) is 0. The van der Waals surface area contributed by atoms with Crippen LogP contribution in [0.5, 0.6) is 0 Å². The second-order valence-electron chi connectivity index (χ2n) is 4.09. The van der Waals surface area contributed by atoms with Crippen LogP contribution in [0.15, 0.2) is 0 Å². The number of nitrogens with zero attached hydrogens (tertiary/aromatic N) is 1. The quantitative estimate of drug-likeness (QED) is 0.583. The molecule has 1 spiro atoms. The molecule has 12 heavy (non-hydrogen) atoms. The second-order valence-corrected chi connectivity index (χ2v) is 4.09. The van der Waals surface area contributed by atoms with Crippen LogP contribution in [0, 0.1) is 11.3 Å². The zero-order valence-corrected chi connectivity index (χ0v) is 9.06. The van der Waals surface area contributed by atoms with Crippen LogP contribution in [-0.4, -0.2) is 24.5 Å². The molecule has 0 radical (unpaired) electrons. The molecule has 1 atom stereocenters. The fourth-order valence-electron chi connectivity index (χ4n) is 2.30. The van der Waals surface area contributed by atoms with E-state index in [-0.39, 0.29) is 0 Å². The maximum atomic E-state index is 2.59. The Bertz CT molecular complexity index is 138. The minimum absolute atomic E-state index is 0.802. The topological polar surface area (TPSA) is 3.24 Å². The molecule has 2 rings (SSSR count). The smallest absolute Gasteiger partial charge is 0.00410 e. The van der Waals surface area contributed by atoms with E-state index in [4.69, 9.17) is 0 Å². The Balaban J connectivity index is 0.000000336. The molecule has 2 fully saturated rings. The van der Waals surface area contributed by atoms with Crippen LogP contribution in [0.1, 0.15) is 40.5 Å². The molecule has 2 aliphatic rings. The summed E-state index contributed by atoms with van der Waals surface area (Å²) >= 11 is 0. The van der Waals surface area contributed by atoms with E-state index in [2.05, 4.69) is 18.7 Å². The molecule has 1 saturated heterocycles. The Labute approximate surface area is 77.1 Å². The van der Waals surface area contributed by atoms with Gasteiger partial charge in [0.25, 0.3) is 0 Å². The van der Waals surface area contributed by atoms with Crippen molar-refractivity contribution >= 4 is 0 Å². The Kier molecular flexibility index (Phi) is 3.16. The van der Waals surface area contributed by atoms with Gasteiger partial charge in [0.2, 0.25) is 0 Å². The predicted molar refractivity (Wildman–Crippen MR) is 54.3 cm³/mol. The van der Waals surface area contributed by atoms with E-state index in [0.717, 1.165) is 11.3 Å². The van der Waals surface area contributed by atoms with Crippen molar-refractivity contribution in [2.75, 3.05) is 19.6 Å². The molecule has 1 nitrogen and oxygen atoms in total. The fourth-order valence-corrected chi connectivity index (χ4v) is 2.30. The van der Waals surface area contributed by atoms with Gasteiger partial charge in [-0.3, -0.25) is 0 Å². The van der Waals surface area contributed by atoms with Crippen molar-refractivity contribution in [2.45, 2.75) is 40.5 Å². The van der Waals surface area contributed by atoms with Gasteiger partial charge in [-0.15, -0.1) is 0 Å². The van der Waals surface area contributed by atoms with E-state index < -0.39 is 0 Å². The summed E-state index contributed by atoms with van der Waals surface area (Å²) in [5.41, 5.74) is 0.802. The van der Waals surface area contributed by atoms with E-state index in [1.165, 1.54) is 32.5 Å². The van der Waals surface area contributed by atoms with Gasteiger partial charge in [-0.2, -0.15) is 0 Å². The van der Waals surface area contributed by atoms with Gasteiger partial charge in [-0.05, 0) is 30.7 Å². The van der Waals surface area contributed by atoms with Crippen LogP contribution >= 0.6 is 0 Å². The van der Waals surface area contributed by atoms with Crippen LogP contribution < -0.4 is 0 Å². The van der Waals surface area contributed by atoms with Crippen molar-refractivity contribution in [1.82, 2.24) is 4.90 Å². The van der Waals surface area contributed by atoms with Crippen molar-refractivity contribution in [3.63, 3.8) is 0 Å². The van der Waals surface area contributed by atoms with E-state index in [9.17, 15) is 0 Å². The molecule has 0 aromatic heterocycles. The predicted octanol–water partition coefficient (Wildman–Crippen LogP) is 2.76. The first-order valence-corrected chi connectivity index (χ1v) is 5.49. The van der Waals surface area contributed by atoms with Crippen molar-refractivity contribution < 1.29 is 0 Å². The van der Waals surface area contributed by atoms with Gasteiger partial charge in [0.05, 0.1) is 0 Å². The maximum Gasteiger partial charge on any atom is 0.00410 e. The lowest BCUT2D eigenvalue weighted by Crippen LogP contribution is -2.20. The lowest BCUT2D eigenvalue weighted by atomic mass is 9.95. The molecule has 1 unspecified atom stereocenters. The molecule has 0 N–H and O–H groups in total. The van der Waals surface area contributed by atoms with Gasteiger partial charge in [0.15, 0.2) is 0 Å². The summed E-state index contributed by atoms with van der Waals surface area (Å²) in [5.74, 6) is 0.979. The van der Waals surface area contributed by atoms with Crippen LogP contribution in [0.2, 0.25) is 0 Å². The van der Waals surface area contributed by atoms with Crippen molar-refractivity contribution in [3.8, 4) is 0 Å². The first-order valence-electron chi connectivity index (χ1n) is 5.49. The van der Waals surface area contributed by atoms with Crippen LogP contribution in [0.25, 0.3) is 0 Å². The van der Waals surface area contributed by atoms with Gasteiger partial charge in [-0.25, -0.2) is 0 Å². The van der Waals surface area contributed by atoms with Gasteiger partial charge in [-0.1, -0.05) is 27.7 Å². The second kappa shape index (κ2) is 3.78. The van der Waals surface area contributed by atoms with Gasteiger partial charge in [0.1, 0.15) is 0 Å². The largest absolute Gasteiger partial charge is 0.303 e. The van der Waals surface area contributed by atoms with Crippen molar-refractivity contribution in [2.24, 2.45) is 11.3 Å². The van der Waals surface area contributed by atoms with Crippen molar-refractivity contribution in [3.05, 3.63) is 0 Å². The third kappa shape index (κ3) is 1.66. The maximum absolute atomic E-state index is 2.59. The van der Waals surface area contributed by atoms with Crippen LogP contribution in [0.3, 0.4) is 0 Å². The summed E-state index contributed by atoms with van der Waals surface area (Å²) in [4.78, 5) is 2.59. The highest BCUT2D eigenvalue weighted by molar-refractivity contribution is 5.04. The number of hydrogen-bond acceptors (Lipinski definition) is 1. The Hall–Kier alpha value is -0.0400. The van der Waals surface area contributed by atoms with E-state index in [0.29, 0.717) is 0 Å². The van der Waals surface area contributed by atoms with Crippen LogP contribution in [-0.2, 0) is 0 Å². The fraction of sp³-hybridized carbons (Fsp3) is 1.00. The number of likely N-dealkylation sites (tertiary alicyclic amines) is 1. The SMILES string of the molecule is CC.CCN1CC(C)C2(CC2)C1. The van der Waals surface area contributed by atoms with Gasteiger partial charge < -0.3 is 4.90 Å². The molecule has 72 valence electrons. The Morgan fingerprint density at radius 1 is 1.33 bits per heavy atom. The number of rotatable bonds is 1. The summed E-state index contributed by atoms with van der Waals surface area (Å²) in [6.45, 7) is 12.7. The highest BCUT2D eigenvalue weighted by Gasteiger charge is 2.52. The highest BCUT2D eigenvalue weighted by Crippen LogP contribution is 2.55. The molecule has 1 heterocycles. The summed E-state index contributed by atoms with van der Waals surface area (Å²) in [6.07, 6.45) is 3.01. The first kappa shape index (κ1) is 10.0. The molecule has 1 heteroatoms. The highest BCUT2D eigenvalue weighted by atomic mass is 15.2. The molecule has 0 bridgehead atoms. The molecule has 1 aliphatic carbocycles. The van der Waals surface area contributed by atoms with Gasteiger partial charge >= 0.3 is 0 Å². The standard InChI is InChI=1S/C9H17N.C2H6/c1-3-10-6-8(2)9(7-10)4-5-9;1-2/h8H,3-7H2,1-2H3;1-2H3. The summed E-state index contributed by atoms with van der Waals surface area (Å²) in [5, 5.41) is 0. The normalized spacial score (nSPS) is 31.5. The average molecular weight is 169 g/mol. The molecule has 1 saturated carbocycles. The molecule has 0 amide bonds. The first-order chi connectivity index (χ1) is 5.77. The molecular formula is C11H23N. The van der Waals surface area contributed by atoms with Gasteiger partial charge in [0, 0.05) is 13.1 Å². The molecule has 1 aliphatic heterocycles. The minimum Gasteiger partial charge on any atom is -0.303 e. The third-order valence-corrected chi connectivity index (χ3v) is 3.46. The van der Waals surface area contributed by atoms with E-state index in [1.54, 1.807) is 0 Å². The lowest BCUT2D eigenvalue weighted by molar-refractivity contribution is 0.337. The molecule has 0 aromatic carbocycles.